The van der Waals surface area contributed by atoms with Gasteiger partial charge in [-0.25, -0.2) is 4.79 Å². The summed E-state index contributed by atoms with van der Waals surface area (Å²) in [6.07, 6.45) is 1.49. The lowest BCUT2D eigenvalue weighted by Crippen LogP contribution is -2.14. The van der Waals surface area contributed by atoms with Crippen LogP contribution in [0.5, 0.6) is 5.75 Å². The van der Waals surface area contributed by atoms with E-state index in [4.69, 9.17) is 16.3 Å². The Morgan fingerprint density at radius 3 is 2.48 bits per heavy atom. The maximum absolute atomic E-state index is 13.3. The highest BCUT2D eigenvalue weighted by Gasteiger charge is 2.28. The molecule has 27 heavy (non-hydrogen) atoms. The standard InChI is InChI=1S/C21H20ClNO4/c1-27-17-11-5-3-9-15(17)20(24)18-14-8-2-4-10-16(14)23(13-7-6-12-22)19(18)21(25)26/h2-5,8-11H,6-7,12-13H2,1H3,(H,25,26). The van der Waals surface area contributed by atoms with Crippen molar-refractivity contribution in [3.8, 4) is 5.75 Å². The summed E-state index contributed by atoms with van der Waals surface area (Å²) >= 11 is 5.76. The lowest BCUT2D eigenvalue weighted by molar-refractivity contribution is 0.0681. The molecule has 3 rings (SSSR count). The van der Waals surface area contributed by atoms with Gasteiger partial charge < -0.3 is 14.4 Å². The molecule has 3 aromatic rings. The third-order valence-corrected chi connectivity index (χ3v) is 4.78. The number of hydrogen-bond acceptors (Lipinski definition) is 3. The fraction of sp³-hybridized carbons (Fsp3) is 0.238. The van der Waals surface area contributed by atoms with Crippen LogP contribution in [0.2, 0.25) is 0 Å². The van der Waals surface area contributed by atoms with Gasteiger partial charge in [-0.1, -0.05) is 30.3 Å². The monoisotopic (exact) mass is 385 g/mol. The Kier molecular flexibility index (Phi) is 5.81. The van der Waals surface area contributed by atoms with Crippen molar-refractivity contribution in [1.82, 2.24) is 4.57 Å². The smallest absolute Gasteiger partial charge is 0.353 e. The number of alkyl halides is 1. The van der Waals surface area contributed by atoms with Crippen molar-refractivity contribution in [3.05, 3.63) is 65.4 Å². The minimum atomic E-state index is -1.13. The Bertz CT molecular complexity index is 993. The Morgan fingerprint density at radius 2 is 1.78 bits per heavy atom. The first-order valence-corrected chi connectivity index (χ1v) is 9.21. The highest BCUT2D eigenvalue weighted by Crippen LogP contribution is 2.31. The van der Waals surface area contributed by atoms with Gasteiger partial charge in [0.1, 0.15) is 11.4 Å². The number of carboxylic acids is 1. The number of carboxylic acid groups (broad SMARTS) is 1. The molecular formula is C21H20ClNO4. The molecule has 0 fully saturated rings. The third-order valence-electron chi connectivity index (χ3n) is 4.52. The van der Waals surface area contributed by atoms with Crippen molar-refractivity contribution in [2.24, 2.45) is 0 Å². The van der Waals surface area contributed by atoms with Gasteiger partial charge >= 0.3 is 5.97 Å². The molecule has 6 heteroatoms. The highest BCUT2D eigenvalue weighted by atomic mass is 35.5. The number of methoxy groups -OCH3 is 1. The Balaban J connectivity index is 2.24. The summed E-state index contributed by atoms with van der Waals surface area (Å²) in [4.78, 5) is 25.4. The van der Waals surface area contributed by atoms with Crippen LogP contribution in [0.1, 0.15) is 39.3 Å². The molecule has 140 valence electrons. The van der Waals surface area contributed by atoms with Crippen LogP contribution in [0.25, 0.3) is 10.9 Å². The molecule has 0 bridgehead atoms. The van der Waals surface area contributed by atoms with E-state index in [1.165, 1.54) is 7.11 Å². The first kappa shape index (κ1) is 19.0. The number of unbranched alkanes of at least 4 members (excludes halogenated alkanes) is 1. The molecule has 0 saturated carbocycles. The van der Waals surface area contributed by atoms with Crippen molar-refractivity contribution in [3.63, 3.8) is 0 Å². The fourth-order valence-corrected chi connectivity index (χ4v) is 3.51. The summed E-state index contributed by atoms with van der Waals surface area (Å²) in [6, 6.07) is 14.1. The molecule has 5 nitrogen and oxygen atoms in total. The van der Waals surface area contributed by atoms with Crippen molar-refractivity contribution >= 4 is 34.3 Å². The number of ether oxygens (including phenoxy) is 1. The summed E-state index contributed by atoms with van der Waals surface area (Å²) in [5.74, 6) is -0.570. The lowest BCUT2D eigenvalue weighted by atomic mass is 9.99. The maximum atomic E-state index is 13.3. The van der Waals surface area contributed by atoms with Crippen LogP contribution >= 0.6 is 11.6 Å². The minimum absolute atomic E-state index is 0.00155. The van der Waals surface area contributed by atoms with Gasteiger partial charge in [-0.3, -0.25) is 4.79 Å². The molecule has 0 amide bonds. The topological polar surface area (TPSA) is 68.5 Å². The summed E-state index contributed by atoms with van der Waals surface area (Å²) in [6.45, 7) is 0.480. The molecule has 0 atom stereocenters. The number of carbonyl (C=O) groups is 2. The SMILES string of the molecule is COc1ccccc1C(=O)c1c(C(=O)O)n(CCCCCl)c2ccccc12. The number of rotatable bonds is 8. The Labute approximate surface area is 162 Å². The van der Waals surface area contributed by atoms with Gasteiger partial charge in [0.2, 0.25) is 0 Å². The molecule has 1 N–H and O–H groups in total. The van der Waals surface area contributed by atoms with Crippen molar-refractivity contribution in [2.45, 2.75) is 19.4 Å². The van der Waals surface area contributed by atoms with E-state index >= 15 is 0 Å². The third kappa shape index (κ3) is 3.55. The summed E-state index contributed by atoms with van der Waals surface area (Å²) in [5, 5.41) is 10.5. The van der Waals surface area contributed by atoms with Gasteiger partial charge in [-0.15, -0.1) is 11.6 Å². The van der Waals surface area contributed by atoms with E-state index in [1.54, 1.807) is 41.0 Å². The van der Waals surface area contributed by atoms with Crippen molar-refractivity contribution < 1.29 is 19.4 Å². The summed E-state index contributed by atoms with van der Waals surface area (Å²) in [5.41, 5.74) is 1.25. The van der Waals surface area contributed by atoms with Crippen LogP contribution in [0.4, 0.5) is 0 Å². The number of benzene rings is 2. The van der Waals surface area contributed by atoms with E-state index in [-0.39, 0.29) is 17.0 Å². The number of aromatic nitrogens is 1. The molecule has 0 aliphatic carbocycles. The molecule has 1 heterocycles. The summed E-state index contributed by atoms with van der Waals surface area (Å²) < 4.78 is 7.00. The normalized spacial score (nSPS) is 10.9. The largest absolute Gasteiger partial charge is 0.496 e. The van der Waals surface area contributed by atoms with Gasteiger partial charge in [0.05, 0.1) is 18.2 Å². The number of fused-ring (bicyclic) bond motifs is 1. The highest BCUT2D eigenvalue weighted by molar-refractivity contribution is 6.22. The zero-order valence-corrected chi connectivity index (χ0v) is 15.7. The maximum Gasteiger partial charge on any atom is 0.353 e. The molecule has 0 spiro atoms. The van der Waals surface area contributed by atoms with Crippen LogP contribution in [0.15, 0.2) is 48.5 Å². The molecule has 1 aromatic heterocycles. The second kappa shape index (κ2) is 8.27. The first-order valence-electron chi connectivity index (χ1n) is 8.68. The molecule has 0 unspecified atom stereocenters. The second-order valence-electron chi connectivity index (χ2n) is 6.12. The van der Waals surface area contributed by atoms with E-state index in [2.05, 4.69) is 0 Å². The number of aryl methyl sites for hydroxylation is 1. The first-order chi connectivity index (χ1) is 13.1. The number of hydrogen-bond donors (Lipinski definition) is 1. The van der Waals surface area contributed by atoms with Crippen LogP contribution in [0.3, 0.4) is 0 Å². The molecule has 0 saturated heterocycles. The lowest BCUT2D eigenvalue weighted by Gasteiger charge is -2.10. The zero-order chi connectivity index (χ0) is 19.4. The average Bonchev–Trinajstić information content (AvgIpc) is 3.02. The van der Waals surface area contributed by atoms with E-state index < -0.39 is 5.97 Å². The zero-order valence-electron chi connectivity index (χ0n) is 14.9. The average molecular weight is 386 g/mol. The number of nitrogens with zero attached hydrogens (tertiary/aromatic N) is 1. The number of carbonyl (C=O) groups excluding carboxylic acids is 1. The van der Waals surface area contributed by atoms with Gasteiger partial charge in [0.25, 0.3) is 0 Å². The quantitative estimate of drug-likeness (QED) is 0.349. The number of para-hydroxylation sites is 2. The van der Waals surface area contributed by atoms with Crippen LogP contribution in [-0.4, -0.2) is 34.4 Å². The molecule has 0 aliphatic rings. The van der Waals surface area contributed by atoms with Crippen molar-refractivity contribution in [1.29, 1.82) is 0 Å². The fourth-order valence-electron chi connectivity index (χ4n) is 3.32. The molecule has 0 radical (unpaired) electrons. The Morgan fingerprint density at radius 1 is 1.07 bits per heavy atom. The van der Waals surface area contributed by atoms with E-state index in [0.29, 0.717) is 29.1 Å². The van der Waals surface area contributed by atoms with Gasteiger partial charge in [0, 0.05) is 23.3 Å². The van der Waals surface area contributed by atoms with Crippen LogP contribution in [0, 0.1) is 0 Å². The second-order valence-corrected chi connectivity index (χ2v) is 6.50. The van der Waals surface area contributed by atoms with E-state index in [1.807, 2.05) is 12.1 Å². The van der Waals surface area contributed by atoms with Gasteiger partial charge in [0.15, 0.2) is 5.78 Å². The van der Waals surface area contributed by atoms with E-state index in [0.717, 1.165) is 18.4 Å². The van der Waals surface area contributed by atoms with Gasteiger partial charge in [-0.05, 0) is 31.0 Å². The number of aromatic carboxylic acids is 1. The molecule has 2 aromatic carbocycles. The number of halogens is 1. The number of ketones is 1. The van der Waals surface area contributed by atoms with E-state index in [9.17, 15) is 14.7 Å². The summed E-state index contributed by atoms with van der Waals surface area (Å²) in [7, 11) is 1.49. The van der Waals surface area contributed by atoms with Gasteiger partial charge in [-0.2, -0.15) is 0 Å². The molecular weight excluding hydrogens is 366 g/mol. The van der Waals surface area contributed by atoms with Crippen LogP contribution in [-0.2, 0) is 6.54 Å². The predicted octanol–water partition coefficient (Wildman–Crippen LogP) is 4.60. The van der Waals surface area contributed by atoms with Crippen LogP contribution < -0.4 is 4.74 Å². The van der Waals surface area contributed by atoms with Crippen molar-refractivity contribution in [2.75, 3.05) is 13.0 Å². The minimum Gasteiger partial charge on any atom is -0.496 e. The Hall–Kier alpha value is -2.79. The molecule has 0 aliphatic heterocycles. The predicted molar refractivity (Wildman–Crippen MR) is 105 cm³/mol.